The fourth-order valence-corrected chi connectivity index (χ4v) is 3.82. The second-order valence-corrected chi connectivity index (χ2v) is 7.31. The predicted octanol–water partition coefficient (Wildman–Crippen LogP) is 2.79. The molecule has 0 spiro atoms. The first-order valence-electron chi connectivity index (χ1n) is 9.55. The lowest BCUT2D eigenvalue weighted by Gasteiger charge is -2.27. The molecule has 0 unspecified atom stereocenters. The minimum absolute atomic E-state index is 0.160. The summed E-state index contributed by atoms with van der Waals surface area (Å²) in [6, 6.07) is 15.3. The van der Waals surface area contributed by atoms with Crippen LogP contribution in [0.4, 0.5) is 5.69 Å². The normalized spacial score (nSPS) is 18.9. The Balaban J connectivity index is 1.58. The fourth-order valence-electron chi connectivity index (χ4n) is 3.53. The standard InChI is InChI=1S/C22H23N3O3S/c1-27-20-8-7-16(13-17(20)15-24-9-11-28-12-10-24)14-19-21(26)25(22(29)23-19)18-5-3-2-4-6-18/h2-8,13-14H,9-12,15H2,1H3,(H,23,29)/b19-14+. The van der Waals surface area contributed by atoms with Crippen molar-refractivity contribution in [1.29, 1.82) is 0 Å². The van der Waals surface area contributed by atoms with E-state index in [1.807, 2.05) is 48.5 Å². The largest absolute Gasteiger partial charge is 0.496 e. The average Bonchev–Trinajstić information content (AvgIpc) is 3.02. The summed E-state index contributed by atoms with van der Waals surface area (Å²) in [6.07, 6.45) is 1.83. The number of para-hydroxylation sites is 1. The summed E-state index contributed by atoms with van der Waals surface area (Å²) in [5.41, 5.74) is 3.21. The Labute approximate surface area is 175 Å². The van der Waals surface area contributed by atoms with Crippen molar-refractivity contribution >= 4 is 35.0 Å². The molecule has 0 radical (unpaired) electrons. The highest BCUT2D eigenvalue weighted by Crippen LogP contribution is 2.25. The first-order chi connectivity index (χ1) is 14.2. The maximum Gasteiger partial charge on any atom is 0.281 e. The molecule has 7 heteroatoms. The van der Waals surface area contributed by atoms with E-state index in [0.29, 0.717) is 10.8 Å². The smallest absolute Gasteiger partial charge is 0.281 e. The minimum Gasteiger partial charge on any atom is -0.496 e. The van der Waals surface area contributed by atoms with Crippen LogP contribution in [0.5, 0.6) is 5.75 Å². The van der Waals surface area contributed by atoms with Gasteiger partial charge in [0.25, 0.3) is 5.91 Å². The number of morpholine rings is 1. The van der Waals surface area contributed by atoms with Crippen LogP contribution >= 0.6 is 12.2 Å². The molecule has 0 bridgehead atoms. The van der Waals surface area contributed by atoms with Gasteiger partial charge in [0.2, 0.25) is 0 Å². The van der Waals surface area contributed by atoms with Gasteiger partial charge in [0.1, 0.15) is 11.4 Å². The predicted molar refractivity (Wildman–Crippen MR) is 117 cm³/mol. The van der Waals surface area contributed by atoms with Gasteiger partial charge in [-0.2, -0.15) is 0 Å². The summed E-state index contributed by atoms with van der Waals surface area (Å²) < 4.78 is 11.0. The zero-order valence-corrected chi connectivity index (χ0v) is 17.1. The Hall–Kier alpha value is -2.74. The summed E-state index contributed by atoms with van der Waals surface area (Å²) >= 11 is 5.38. The number of hydrogen-bond donors (Lipinski definition) is 1. The van der Waals surface area contributed by atoms with Crippen molar-refractivity contribution in [2.45, 2.75) is 6.54 Å². The average molecular weight is 410 g/mol. The summed E-state index contributed by atoms with van der Waals surface area (Å²) in [5, 5.41) is 3.42. The first-order valence-corrected chi connectivity index (χ1v) is 9.96. The van der Waals surface area contributed by atoms with Gasteiger partial charge in [0, 0.05) is 25.2 Å². The number of methoxy groups -OCH3 is 1. The number of nitrogens with one attached hydrogen (secondary N) is 1. The molecule has 2 heterocycles. The number of thiocarbonyl (C=S) groups is 1. The maximum atomic E-state index is 12.9. The summed E-state index contributed by atoms with van der Waals surface area (Å²) in [4.78, 5) is 16.8. The van der Waals surface area contributed by atoms with Gasteiger partial charge >= 0.3 is 0 Å². The molecular formula is C22H23N3O3S. The molecule has 0 aromatic heterocycles. The number of nitrogens with zero attached hydrogens (tertiary/aromatic N) is 2. The van der Waals surface area contributed by atoms with Crippen LogP contribution in [0.25, 0.3) is 6.08 Å². The van der Waals surface area contributed by atoms with E-state index in [1.165, 1.54) is 4.90 Å². The molecule has 150 valence electrons. The number of carbonyl (C=O) groups excluding carboxylic acids is 1. The zero-order valence-electron chi connectivity index (χ0n) is 16.3. The van der Waals surface area contributed by atoms with Gasteiger partial charge in [0.05, 0.1) is 26.0 Å². The van der Waals surface area contributed by atoms with E-state index in [9.17, 15) is 4.79 Å². The van der Waals surface area contributed by atoms with Crippen molar-refractivity contribution < 1.29 is 14.3 Å². The number of amides is 1. The van der Waals surface area contributed by atoms with Crippen LogP contribution in [0.1, 0.15) is 11.1 Å². The van der Waals surface area contributed by atoms with E-state index in [0.717, 1.165) is 55.4 Å². The van der Waals surface area contributed by atoms with Gasteiger partial charge in [-0.3, -0.25) is 14.6 Å². The van der Waals surface area contributed by atoms with Crippen LogP contribution in [-0.4, -0.2) is 49.3 Å². The SMILES string of the molecule is COc1ccc(/C=C2/NC(=S)N(c3ccccc3)C2=O)cc1CN1CCOCC1. The van der Waals surface area contributed by atoms with Crippen LogP contribution < -0.4 is 15.0 Å². The van der Waals surface area contributed by atoms with Gasteiger partial charge in [-0.25, -0.2) is 0 Å². The summed E-state index contributed by atoms with van der Waals surface area (Å²) in [5.74, 6) is 0.678. The molecule has 2 aromatic rings. The number of hydrogen-bond acceptors (Lipinski definition) is 5. The Morgan fingerprint density at radius 2 is 1.93 bits per heavy atom. The van der Waals surface area contributed by atoms with E-state index < -0.39 is 0 Å². The van der Waals surface area contributed by atoms with Crippen LogP contribution in [0.15, 0.2) is 54.2 Å². The third-order valence-corrected chi connectivity index (χ3v) is 5.29. The molecule has 0 saturated carbocycles. The molecule has 1 amide bonds. The zero-order chi connectivity index (χ0) is 20.2. The molecule has 2 aliphatic rings. The van der Waals surface area contributed by atoms with Gasteiger partial charge in [-0.15, -0.1) is 0 Å². The fraction of sp³-hybridized carbons (Fsp3) is 0.273. The van der Waals surface area contributed by atoms with E-state index in [4.69, 9.17) is 21.7 Å². The Bertz CT molecular complexity index is 940. The van der Waals surface area contributed by atoms with Crippen LogP contribution in [0, 0.1) is 0 Å². The van der Waals surface area contributed by atoms with Gasteiger partial charge in [-0.05, 0) is 48.1 Å². The lowest BCUT2D eigenvalue weighted by atomic mass is 10.1. The monoisotopic (exact) mass is 409 g/mol. The summed E-state index contributed by atoms with van der Waals surface area (Å²) in [7, 11) is 1.68. The van der Waals surface area contributed by atoms with Crippen molar-refractivity contribution in [3.8, 4) is 5.75 Å². The highest BCUT2D eigenvalue weighted by Gasteiger charge is 2.31. The minimum atomic E-state index is -0.160. The van der Waals surface area contributed by atoms with Crippen molar-refractivity contribution in [2.75, 3.05) is 38.3 Å². The number of ether oxygens (including phenoxy) is 2. The lowest BCUT2D eigenvalue weighted by molar-refractivity contribution is -0.113. The Morgan fingerprint density at radius 3 is 2.66 bits per heavy atom. The second-order valence-electron chi connectivity index (χ2n) is 6.92. The van der Waals surface area contributed by atoms with Gasteiger partial charge < -0.3 is 14.8 Å². The van der Waals surface area contributed by atoms with Crippen LogP contribution in [-0.2, 0) is 16.1 Å². The quantitative estimate of drug-likeness (QED) is 0.606. The number of benzene rings is 2. The molecule has 1 N–H and O–H groups in total. The Morgan fingerprint density at radius 1 is 1.17 bits per heavy atom. The van der Waals surface area contributed by atoms with Crippen LogP contribution in [0.2, 0.25) is 0 Å². The van der Waals surface area contributed by atoms with Crippen molar-refractivity contribution in [3.05, 3.63) is 65.4 Å². The van der Waals surface area contributed by atoms with E-state index >= 15 is 0 Å². The third kappa shape index (κ3) is 4.32. The molecule has 2 aromatic carbocycles. The molecule has 2 saturated heterocycles. The number of carbonyl (C=O) groups is 1. The topological polar surface area (TPSA) is 54.0 Å². The molecule has 2 fully saturated rings. The molecule has 29 heavy (non-hydrogen) atoms. The second kappa shape index (κ2) is 8.73. The van der Waals surface area contributed by atoms with Crippen molar-refractivity contribution in [3.63, 3.8) is 0 Å². The molecular weight excluding hydrogens is 386 g/mol. The highest BCUT2D eigenvalue weighted by atomic mass is 32.1. The molecule has 0 atom stereocenters. The number of anilines is 1. The Kier molecular flexibility index (Phi) is 5.89. The molecule has 0 aliphatic carbocycles. The molecule has 4 rings (SSSR count). The summed E-state index contributed by atoms with van der Waals surface area (Å²) in [6.45, 7) is 4.07. The third-order valence-electron chi connectivity index (χ3n) is 5.01. The van der Waals surface area contributed by atoms with E-state index in [-0.39, 0.29) is 5.91 Å². The molecule has 2 aliphatic heterocycles. The van der Waals surface area contributed by atoms with Gasteiger partial charge in [-0.1, -0.05) is 24.3 Å². The lowest BCUT2D eigenvalue weighted by Crippen LogP contribution is -2.35. The van der Waals surface area contributed by atoms with Crippen molar-refractivity contribution in [1.82, 2.24) is 10.2 Å². The van der Waals surface area contributed by atoms with Crippen molar-refractivity contribution in [2.24, 2.45) is 0 Å². The maximum absolute atomic E-state index is 12.9. The van der Waals surface area contributed by atoms with Crippen LogP contribution in [0.3, 0.4) is 0 Å². The van der Waals surface area contributed by atoms with E-state index in [2.05, 4.69) is 16.3 Å². The van der Waals surface area contributed by atoms with E-state index in [1.54, 1.807) is 7.11 Å². The molecule has 6 nitrogen and oxygen atoms in total. The first kappa shape index (κ1) is 19.6. The highest BCUT2D eigenvalue weighted by molar-refractivity contribution is 7.80. The van der Waals surface area contributed by atoms with Gasteiger partial charge in [0.15, 0.2) is 5.11 Å². The number of rotatable bonds is 5.